The van der Waals surface area contributed by atoms with E-state index in [4.69, 9.17) is 0 Å². The van der Waals surface area contributed by atoms with Crippen molar-refractivity contribution in [2.24, 2.45) is 0 Å². The van der Waals surface area contributed by atoms with Crippen LogP contribution in [-0.2, 0) is 11.2 Å². The molecule has 2 amide bonds. The first-order chi connectivity index (χ1) is 14.7. The molecule has 0 saturated carbocycles. The summed E-state index contributed by atoms with van der Waals surface area (Å²) in [5, 5.41) is 3.21. The summed E-state index contributed by atoms with van der Waals surface area (Å²) in [7, 11) is 0. The lowest BCUT2D eigenvalue weighted by Gasteiger charge is -2.18. The Balaban J connectivity index is 1.26. The number of rotatable bonds is 4. The predicted octanol–water partition coefficient (Wildman–Crippen LogP) is 3.50. The van der Waals surface area contributed by atoms with E-state index in [1.54, 1.807) is 28.1 Å². The molecular weight excluding hydrogens is 376 g/mol. The van der Waals surface area contributed by atoms with Gasteiger partial charge in [0.2, 0.25) is 5.91 Å². The highest BCUT2D eigenvalue weighted by Crippen LogP contribution is 2.29. The number of fused-ring (bicyclic) bond motifs is 1. The Bertz CT molecular complexity index is 1080. The number of nitrogens with zero attached hydrogens (tertiary/aromatic N) is 3. The number of hydrogen-bond acceptors (Lipinski definition) is 4. The molecule has 0 unspecified atom stereocenters. The van der Waals surface area contributed by atoms with E-state index in [-0.39, 0.29) is 17.9 Å². The Hall–Kier alpha value is -3.67. The Morgan fingerprint density at radius 1 is 0.967 bits per heavy atom. The fraction of sp³-hybridized carbons (Fsp3) is 0.208. The quantitative estimate of drug-likeness (QED) is 0.731. The minimum Gasteiger partial charge on any atom is -0.358 e. The van der Waals surface area contributed by atoms with Crippen molar-refractivity contribution in [3.63, 3.8) is 0 Å². The third-order valence-corrected chi connectivity index (χ3v) is 5.74. The molecule has 0 aliphatic carbocycles. The summed E-state index contributed by atoms with van der Waals surface area (Å²) in [6.45, 7) is 1.36. The molecular formula is C24H22N4O2. The number of pyridine rings is 1. The van der Waals surface area contributed by atoms with Crippen molar-refractivity contribution in [1.29, 1.82) is 0 Å². The van der Waals surface area contributed by atoms with E-state index >= 15 is 0 Å². The Morgan fingerprint density at radius 3 is 2.57 bits per heavy atom. The molecule has 1 aromatic heterocycles. The van der Waals surface area contributed by atoms with Gasteiger partial charge in [-0.1, -0.05) is 36.4 Å². The summed E-state index contributed by atoms with van der Waals surface area (Å²) in [5.74, 6) is 0.588. The predicted molar refractivity (Wildman–Crippen MR) is 117 cm³/mol. The molecule has 1 N–H and O–H groups in total. The molecule has 2 aliphatic rings. The highest BCUT2D eigenvalue weighted by Gasteiger charge is 2.32. The van der Waals surface area contributed by atoms with Crippen LogP contribution < -0.4 is 15.1 Å². The minimum absolute atomic E-state index is 0.0387. The molecule has 3 heterocycles. The molecule has 5 rings (SSSR count). The number of amides is 2. The zero-order chi connectivity index (χ0) is 20.5. The van der Waals surface area contributed by atoms with Crippen LogP contribution in [-0.4, -0.2) is 35.9 Å². The number of benzene rings is 2. The van der Waals surface area contributed by atoms with Crippen LogP contribution in [0.25, 0.3) is 0 Å². The van der Waals surface area contributed by atoms with E-state index in [1.807, 2.05) is 48.5 Å². The second kappa shape index (κ2) is 7.63. The van der Waals surface area contributed by atoms with Gasteiger partial charge >= 0.3 is 0 Å². The number of carbonyl (C=O) groups excluding carboxylic acids is 2. The standard InChI is InChI=1S/C24H22N4O2/c29-23(28-14-12-17-6-4-5-9-21(17)28)18-10-11-22(25-16-18)26-20-13-15-27(24(20)30)19-7-2-1-3-8-19/h1-11,16,20H,12-15H2,(H,25,26)/t20-/m1/s1. The fourth-order valence-corrected chi connectivity index (χ4v) is 4.17. The first-order valence-corrected chi connectivity index (χ1v) is 10.2. The molecule has 0 spiro atoms. The average molecular weight is 398 g/mol. The Morgan fingerprint density at radius 2 is 1.77 bits per heavy atom. The lowest BCUT2D eigenvalue weighted by atomic mass is 10.2. The van der Waals surface area contributed by atoms with E-state index in [9.17, 15) is 9.59 Å². The van der Waals surface area contributed by atoms with Crippen molar-refractivity contribution >= 4 is 29.0 Å². The second-order valence-corrected chi connectivity index (χ2v) is 7.58. The number of para-hydroxylation sites is 2. The van der Waals surface area contributed by atoms with Crippen LogP contribution >= 0.6 is 0 Å². The lowest BCUT2D eigenvalue weighted by molar-refractivity contribution is -0.117. The van der Waals surface area contributed by atoms with Gasteiger partial charge < -0.3 is 15.1 Å². The highest BCUT2D eigenvalue weighted by molar-refractivity contribution is 6.07. The van der Waals surface area contributed by atoms with Crippen molar-refractivity contribution in [1.82, 2.24) is 4.98 Å². The topological polar surface area (TPSA) is 65.5 Å². The smallest absolute Gasteiger partial charge is 0.259 e. The zero-order valence-electron chi connectivity index (χ0n) is 16.5. The molecule has 150 valence electrons. The molecule has 6 nitrogen and oxygen atoms in total. The number of carbonyl (C=O) groups is 2. The van der Waals surface area contributed by atoms with E-state index < -0.39 is 0 Å². The van der Waals surface area contributed by atoms with Crippen molar-refractivity contribution < 1.29 is 9.59 Å². The molecule has 30 heavy (non-hydrogen) atoms. The van der Waals surface area contributed by atoms with Gasteiger partial charge in [0, 0.05) is 30.7 Å². The van der Waals surface area contributed by atoms with Crippen LogP contribution in [0.1, 0.15) is 22.3 Å². The SMILES string of the molecule is O=C1[C@H](Nc2ccc(C(=O)N3CCc4ccccc43)cn2)CCN1c1ccccc1. The van der Waals surface area contributed by atoms with Gasteiger partial charge in [-0.3, -0.25) is 9.59 Å². The number of hydrogen-bond donors (Lipinski definition) is 1. The third kappa shape index (κ3) is 3.30. The van der Waals surface area contributed by atoms with E-state index in [2.05, 4.69) is 16.4 Å². The number of aromatic nitrogens is 1. The number of nitrogens with one attached hydrogen (secondary N) is 1. The van der Waals surface area contributed by atoms with E-state index in [0.29, 0.717) is 30.9 Å². The van der Waals surface area contributed by atoms with Crippen LogP contribution in [0.4, 0.5) is 17.2 Å². The second-order valence-electron chi connectivity index (χ2n) is 7.58. The molecule has 1 atom stereocenters. The van der Waals surface area contributed by atoms with Crippen molar-refractivity contribution in [2.75, 3.05) is 28.2 Å². The van der Waals surface area contributed by atoms with E-state index in [0.717, 1.165) is 17.8 Å². The highest BCUT2D eigenvalue weighted by atomic mass is 16.2. The average Bonchev–Trinajstić information content (AvgIpc) is 3.38. The van der Waals surface area contributed by atoms with Gasteiger partial charge in [0.05, 0.1) is 5.56 Å². The van der Waals surface area contributed by atoms with Crippen molar-refractivity contribution in [2.45, 2.75) is 18.9 Å². The first kappa shape index (κ1) is 18.4. The van der Waals surface area contributed by atoms with Gasteiger partial charge in [0.25, 0.3) is 5.91 Å². The van der Waals surface area contributed by atoms with Crippen molar-refractivity contribution in [3.8, 4) is 0 Å². The van der Waals surface area contributed by atoms with Gasteiger partial charge in [0.15, 0.2) is 0 Å². The van der Waals surface area contributed by atoms with Crippen LogP contribution in [0.5, 0.6) is 0 Å². The molecule has 1 fully saturated rings. The molecule has 2 aliphatic heterocycles. The van der Waals surface area contributed by atoms with Gasteiger partial charge in [-0.15, -0.1) is 0 Å². The van der Waals surface area contributed by atoms with Crippen LogP contribution in [0.15, 0.2) is 72.9 Å². The van der Waals surface area contributed by atoms with Gasteiger partial charge in [0.1, 0.15) is 11.9 Å². The summed E-state index contributed by atoms with van der Waals surface area (Å²) in [5.41, 5.74) is 3.62. The number of anilines is 3. The van der Waals surface area contributed by atoms with Crippen LogP contribution in [0.3, 0.4) is 0 Å². The molecule has 2 aromatic carbocycles. The van der Waals surface area contributed by atoms with Gasteiger partial charge in [-0.25, -0.2) is 4.98 Å². The Labute approximate surface area is 175 Å². The van der Waals surface area contributed by atoms with Gasteiger partial charge in [-0.2, -0.15) is 0 Å². The zero-order valence-corrected chi connectivity index (χ0v) is 16.5. The van der Waals surface area contributed by atoms with Crippen LogP contribution in [0, 0.1) is 0 Å². The molecule has 0 bridgehead atoms. The third-order valence-electron chi connectivity index (χ3n) is 5.74. The summed E-state index contributed by atoms with van der Waals surface area (Å²) < 4.78 is 0. The molecule has 0 radical (unpaired) electrons. The molecule has 1 saturated heterocycles. The monoisotopic (exact) mass is 398 g/mol. The largest absolute Gasteiger partial charge is 0.358 e. The molecule has 3 aromatic rings. The molecule has 6 heteroatoms. The van der Waals surface area contributed by atoms with Crippen LogP contribution in [0.2, 0.25) is 0 Å². The summed E-state index contributed by atoms with van der Waals surface area (Å²) in [6.07, 6.45) is 3.16. The van der Waals surface area contributed by atoms with E-state index in [1.165, 1.54) is 5.56 Å². The Kier molecular flexibility index (Phi) is 4.67. The summed E-state index contributed by atoms with van der Waals surface area (Å²) >= 11 is 0. The lowest BCUT2D eigenvalue weighted by Crippen LogP contribution is -2.33. The summed E-state index contributed by atoms with van der Waals surface area (Å²) in [4.78, 5) is 33.7. The maximum absolute atomic E-state index is 12.9. The summed E-state index contributed by atoms with van der Waals surface area (Å²) in [6, 6.07) is 20.9. The normalized spacial score (nSPS) is 17.9. The minimum atomic E-state index is -0.315. The maximum atomic E-state index is 12.9. The maximum Gasteiger partial charge on any atom is 0.259 e. The van der Waals surface area contributed by atoms with Gasteiger partial charge in [-0.05, 0) is 48.7 Å². The first-order valence-electron chi connectivity index (χ1n) is 10.2. The fourth-order valence-electron chi connectivity index (χ4n) is 4.17. The van der Waals surface area contributed by atoms with Crippen molar-refractivity contribution in [3.05, 3.63) is 84.1 Å².